The summed E-state index contributed by atoms with van der Waals surface area (Å²) in [5, 5.41) is 0. The summed E-state index contributed by atoms with van der Waals surface area (Å²) in [5.41, 5.74) is 2.09. The van der Waals surface area contributed by atoms with Crippen LogP contribution in [0.4, 0.5) is 5.69 Å². The average molecular weight is 607 g/mol. The molecule has 1 heterocycles. The molecule has 0 unspecified atom stereocenters. The largest absolute Gasteiger partial charge is 0.497 e. The van der Waals surface area contributed by atoms with Gasteiger partial charge in [0.25, 0.3) is 10.1 Å². The number of anilines is 1. The highest BCUT2D eigenvalue weighted by molar-refractivity contribution is 7.86. The summed E-state index contributed by atoms with van der Waals surface area (Å²) in [7, 11) is -0.732. The van der Waals surface area contributed by atoms with Crippen molar-refractivity contribution >= 4 is 21.7 Å². The summed E-state index contributed by atoms with van der Waals surface area (Å²) in [5.74, 6) is 2.32. The maximum atomic E-state index is 12.9. The first kappa shape index (κ1) is 31.3. The molecule has 0 bridgehead atoms. The van der Waals surface area contributed by atoms with E-state index in [9.17, 15) is 13.2 Å². The van der Waals surface area contributed by atoms with Gasteiger partial charge >= 0.3 is 0 Å². The zero-order chi connectivity index (χ0) is 30.8. The molecule has 0 aliphatic carbocycles. The summed E-state index contributed by atoms with van der Waals surface area (Å²) < 4.78 is 52.8. The van der Waals surface area contributed by atoms with Gasteiger partial charge < -0.3 is 23.8 Å². The lowest BCUT2D eigenvalue weighted by molar-refractivity contribution is -0.116. The number of hydrogen-bond donors (Lipinski definition) is 0. The highest BCUT2D eigenvalue weighted by Crippen LogP contribution is 2.34. The Labute approximate surface area is 251 Å². The molecule has 4 rings (SSSR count). The Balaban J connectivity index is 1.47. The summed E-state index contributed by atoms with van der Waals surface area (Å²) in [6.07, 6.45) is 1.90. The van der Waals surface area contributed by atoms with Crippen molar-refractivity contribution in [3.63, 3.8) is 0 Å². The molecule has 3 aromatic carbocycles. The number of hydrogen-bond acceptors (Lipinski definition) is 9. The number of aryl methyl sites for hydroxylation is 1. The van der Waals surface area contributed by atoms with Gasteiger partial charge in [0.2, 0.25) is 11.8 Å². The average Bonchev–Trinajstić information content (AvgIpc) is 3.01. The predicted octanol–water partition coefficient (Wildman–Crippen LogP) is 5.93. The lowest BCUT2D eigenvalue weighted by Gasteiger charge is -2.24. The Morgan fingerprint density at radius 1 is 0.860 bits per heavy atom. The van der Waals surface area contributed by atoms with E-state index in [4.69, 9.17) is 23.1 Å². The summed E-state index contributed by atoms with van der Waals surface area (Å²) in [6, 6.07) is 22.2. The lowest BCUT2D eigenvalue weighted by Crippen LogP contribution is -2.28. The van der Waals surface area contributed by atoms with Crippen molar-refractivity contribution in [2.75, 3.05) is 32.3 Å². The summed E-state index contributed by atoms with van der Waals surface area (Å²) in [6.45, 7) is 3.59. The molecule has 4 aromatic rings. The Hall–Kier alpha value is -4.61. The molecule has 0 aliphatic rings. The minimum absolute atomic E-state index is 0.0526. The molecule has 0 saturated carbocycles. The number of rotatable bonds is 14. The standard InChI is InChI=1S/C32H34N2O8S/c1-23-8-15-29(16-9-23)43(36,37)41-20-6-19-40-31-17-14-28(39-4)21-25(31)22-34(24(2)35)30-7-5-18-33-32(30)42-27-12-10-26(38-3)11-13-27/h5,7-18,21H,6,19-20,22H2,1-4H3. The van der Waals surface area contributed by atoms with Gasteiger partial charge in [-0.3, -0.25) is 8.98 Å². The van der Waals surface area contributed by atoms with Gasteiger partial charge in [0.05, 0.1) is 38.9 Å². The first-order chi connectivity index (χ1) is 20.7. The highest BCUT2D eigenvalue weighted by atomic mass is 32.2. The number of ether oxygens (including phenoxy) is 4. The maximum Gasteiger partial charge on any atom is 0.296 e. The minimum Gasteiger partial charge on any atom is -0.497 e. The molecule has 10 nitrogen and oxygen atoms in total. The first-order valence-electron chi connectivity index (χ1n) is 13.5. The van der Waals surface area contributed by atoms with Crippen LogP contribution in [0, 0.1) is 6.92 Å². The van der Waals surface area contributed by atoms with E-state index in [2.05, 4.69) is 4.98 Å². The third kappa shape index (κ3) is 8.46. The quantitative estimate of drug-likeness (QED) is 0.127. The van der Waals surface area contributed by atoms with Gasteiger partial charge in [0.1, 0.15) is 28.7 Å². The van der Waals surface area contributed by atoms with Crippen LogP contribution in [-0.4, -0.2) is 46.7 Å². The van der Waals surface area contributed by atoms with Gasteiger partial charge in [-0.05, 0) is 73.7 Å². The lowest BCUT2D eigenvalue weighted by atomic mass is 10.1. The third-order valence-electron chi connectivity index (χ3n) is 6.39. The van der Waals surface area contributed by atoms with Crippen molar-refractivity contribution < 1.29 is 36.3 Å². The Morgan fingerprint density at radius 2 is 1.53 bits per heavy atom. The summed E-state index contributed by atoms with van der Waals surface area (Å²) in [4.78, 5) is 18.9. The fourth-order valence-corrected chi connectivity index (χ4v) is 5.03. The van der Waals surface area contributed by atoms with Gasteiger partial charge in [0, 0.05) is 25.1 Å². The van der Waals surface area contributed by atoms with Crippen molar-refractivity contribution in [3.8, 4) is 28.9 Å². The van der Waals surface area contributed by atoms with Crippen molar-refractivity contribution in [1.29, 1.82) is 0 Å². The highest BCUT2D eigenvalue weighted by Gasteiger charge is 2.21. The number of amides is 1. The number of benzene rings is 3. The Bertz CT molecular complexity index is 1620. The molecule has 0 radical (unpaired) electrons. The molecule has 43 heavy (non-hydrogen) atoms. The van der Waals surface area contributed by atoms with Gasteiger partial charge in [-0.2, -0.15) is 8.42 Å². The van der Waals surface area contributed by atoms with Crippen molar-refractivity contribution in [2.45, 2.75) is 31.7 Å². The van der Waals surface area contributed by atoms with Crippen LogP contribution in [0.1, 0.15) is 24.5 Å². The number of carbonyl (C=O) groups is 1. The molecular weight excluding hydrogens is 572 g/mol. The van der Waals surface area contributed by atoms with Gasteiger partial charge in [0.15, 0.2) is 0 Å². The van der Waals surface area contributed by atoms with Crippen LogP contribution in [0.25, 0.3) is 0 Å². The van der Waals surface area contributed by atoms with Crippen LogP contribution >= 0.6 is 0 Å². The number of aromatic nitrogens is 1. The molecule has 1 aromatic heterocycles. The number of nitrogens with zero attached hydrogens (tertiary/aromatic N) is 2. The van der Waals surface area contributed by atoms with E-state index >= 15 is 0 Å². The molecular formula is C32H34N2O8S. The van der Waals surface area contributed by atoms with Crippen LogP contribution < -0.4 is 23.8 Å². The fourth-order valence-electron chi connectivity index (χ4n) is 4.09. The molecule has 0 atom stereocenters. The van der Waals surface area contributed by atoms with Crippen molar-refractivity contribution in [3.05, 3.63) is 96.2 Å². The van der Waals surface area contributed by atoms with Gasteiger partial charge in [-0.25, -0.2) is 4.98 Å². The van der Waals surface area contributed by atoms with Crippen LogP contribution in [-0.2, 0) is 25.6 Å². The molecule has 226 valence electrons. The fraction of sp³-hybridized carbons (Fsp3) is 0.250. The van der Waals surface area contributed by atoms with Gasteiger partial charge in [-0.15, -0.1) is 0 Å². The molecule has 11 heteroatoms. The normalized spacial score (nSPS) is 11.1. The topological polar surface area (TPSA) is 113 Å². The monoisotopic (exact) mass is 606 g/mol. The van der Waals surface area contributed by atoms with E-state index in [1.807, 2.05) is 6.92 Å². The van der Waals surface area contributed by atoms with Crippen LogP contribution in [0.15, 0.2) is 90.0 Å². The van der Waals surface area contributed by atoms with E-state index in [0.29, 0.717) is 40.7 Å². The van der Waals surface area contributed by atoms with E-state index in [-0.39, 0.29) is 36.4 Å². The number of methoxy groups -OCH3 is 2. The maximum absolute atomic E-state index is 12.9. The predicted molar refractivity (Wildman–Crippen MR) is 162 cm³/mol. The minimum atomic E-state index is -3.87. The second-order valence-corrected chi connectivity index (χ2v) is 11.1. The van der Waals surface area contributed by atoms with Gasteiger partial charge in [-0.1, -0.05) is 17.7 Å². The smallest absolute Gasteiger partial charge is 0.296 e. The number of pyridine rings is 1. The molecule has 0 saturated heterocycles. The molecule has 1 amide bonds. The molecule has 0 N–H and O–H groups in total. The van der Waals surface area contributed by atoms with Crippen molar-refractivity contribution in [1.82, 2.24) is 4.98 Å². The third-order valence-corrected chi connectivity index (χ3v) is 7.71. The van der Waals surface area contributed by atoms with Crippen LogP contribution in [0.3, 0.4) is 0 Å². The first-order valence-corrected chi connectivity index (χ1v) is 14.9. The second-order valence-electron chi connectivity index (χ2n) is 9.48. The molecule has 0 fully saturated rings. The molecule has 0 aliphatic heterocycles. The second kappa shape index (κ2) is 14.5. The SMILES string of the molecule is COc1ccc(Oc2ncccc2N(Cc2cc(OC)ccc2OCCCOS(=O)(=O)c2ccc(C)cc2)C(C)=O)cc1. The summed E-state index contributed by atoms with van der Waals surface area (Å²) >= 11 is 0. The van der Waals surface area contributed by atoms with E-state index in [0.717, 1.165) is 5.56 Å². The zero-order valence-corrected chi connectivity index (χ0v) is 25.3. The van der Waals surface area contributed by atoms with Crippen LogP contribution in [0.2, 0.25) is 0 Å². The van der Waals surface area contributed by atoms with E-state index < -0.39 is 10.1 Å². The van der Waals surface area contributed by atoms with Crippen LogP contribution in [0.5, 0.6) is 28.9 Å². The van der Waals surface area contributed by atoms with E-state index in [1.54, 1.807) is 87.1 Å². The molecule has 0 spiro atoms. The Morgan fingerprint density at radius 3 is 2.21 bits per heavy atom. The Kier molecular flexibility index (Phi) is 10.6. The number of carbonyl (C=O) groups excluding carboxylic acids is 1. The van der Waals surface area contributed by atoms with E-state index in [1.165, 1.54) is 24.0 Å². The zero-order valence-electron chi connectivity index (χ0n) is 24.5. The van der Waals surface area contributed by atoms with Crippen molar-refractivity contribution in [2.24, 2.45) is 0 Å².